The van der Waals surface area contributed by atoms with Gasteiger partial charge in [0.2, 0.25) is 5.91 Å². The summed E-state index contributed by atoms with van der Waals surface area (Å²) < 4.78 is -0.0169. The van der Waals surface area contributed by atoms with Gasteiger partial charge in [-0.1, -0.05) is 34.6 Å². The van der Waals surface area contributed by atoms with Gasteiger partial charge in [-0.25, -0.2) is 0 Å². The van der Waals surface area contributed by atoms with E-state index in [1.165, 1.54) is 6.92 Å². The molecule has 0 radical (unpaired) electrons. The Bertz CT molecular complexity index is 308. The number of thioether (sulfide) groups is 1. The average Bonchev–Trinajstić information content (AvgIpc) is 2.14. The van der Waals surface area contributed by atoms with E-state index in [2.05, 4.69) is 39.9 Å². The number of aliphatic carboxylic acids is 1. The molecule has 1 atom stereocenters. The van der Waals surface area contributed by atoms with Crippen LogP contribution < -0.4 is 5.32 Å². The first kappa shape index (κ1) is 17.3. The van der Waals surface area contributed by atoms with E-state index >= 15 is 0 Å². The molecule has 2 N–H and O–H groups in total. The molecular formula is C13H25NO3S. The Morgan fingerprint density at radius 2 is 1.72 bits per heavy atom. The Balaban J connectivity index is 4.45. The molecule has 106 valence electrons. The van der Waals surface area contributed by atoms with Gasteiger partial charge >= 0.3 is 5.97 Å². The third-order valence-corrected chi connectivity index (χ3v) is 5.30. The van der Waals surface area contributed by atoms with Gasteiger partial charge in [0.1, 0.15) is 0 Å². The first-order valence-electron chi connectivity index (χ1n) is 6.08. The minimum atomic E-state index is -0.860. The molecule has 0 aliphatic carbocycles. The van der Waals surface area contributed by atoms with Crippen LogP contribution in [0.1, 0.15) is 41.5 Å². The molecule has 0 aromatic rings. The summed E-state index contributed by atoms with van der Waals surface area (Å²) in [4.78, 5) is 21.9. The molecule has 0 aromatic carbocycles. The van der Waals surface area contributed by atoms with Crippen molar-refractivity contribution in [1.82, 2.24) is 5.32 Å². The van der Waals surface area contributed by atoms with E-state index in [1.807, 2.05) is 0 Å². The fourth-order valence-corrected chi connectivity index (χ4v) is 2.32. The molecule has 18 heavy (non-hydrogen) atoms. The zero-order chi connectivity index (χ0) is 14.6. The lowest BCUT2D eigenvalue weighted by Gasteiger charge is -2.38. The Hall–Kier alpha value is -0.710. The van der Waals surface area contributed by atoms with Crippen molar-refractivity contribution >= 4 is 23.6 Å². The number of amides is 1. The summed E-state index contributed by atoms with van der Waals surface area (Å²) in [5, 5.41) is 11.7. The Kier molecular flexibility index (Phi) is 6.20. The fourth-order valence-electron chi connectivity index (χ4n) is 1.01. The van der Waals surface area contributed by atoms with Gasteiger partial charge in [0.25, 0.3) is 0 Å². The summed E-state index contributed by atoms with van der Waals surface area (Å²) >= 11 is 1.64. The van der Waals surface area contributed by atoms with Crippen LogP contribution in [0.5, 0.6) is 0 Å². The second kappa shape index (κ2) is 6.45. The summed E-state index contributed by atoms with van der Waals surface area (Å²) in [5.74, 6) is -1.09. The quantitative estimate of drug-likeness (QED) is 0.781. The predicted octanol–water partition coefficient (Wildman–Crippen LogP) is 2.38. The lowest BCUT2D eigenvalue weighted by atomic mass is 9.83. The summed E-state index contributed by atoms with van der Waals surface area (Å²) in [6, 6.07) is 0. The molecule has 4 nitrogen and oxygen atoms in total. The molecule has 0 saturated carbocycles. The van der Waals surface area contributed by atoms with Gasteiger partial charge in [-0.3, -0.25) is 9.59 Å². The standard InChI is InChI=1S/C13H25NO3S/c1-9(15)14-7-10(11(16)17)8-18-13(5,6)12(2,3)4/h10H,7-8H2,1-6H3,(H,14,15)(H,16,17). The van der Waals surface area contributed by atoms with Gasteiger partial charge in [-0.2, -0.15) is 11.8 Å². The monoisotopic (exact) mass is 275 g/mol. The van der Waals surface area contributed by atoms with Gasteiger partial charge in [-0.15, -0.1) is 0 Å². The van der Waals surface area contributed by atoms with Crippen LogP contribution in [0.25, 0.3) is 0 Å². The maximum atomic E-state index is 11.1. The zero-order valence-corrected chi connectivity index (χ0v) is 13.0. The summed E-state index contributed by atoms with van der Waals surface area (Å²) in [5.41, 5.74) is 0.0920. The summed E-state index contributed by atoms with van der Waals surface area (Å²) in [6.45, 7) is 12.3. The third kappa shape index (κ3) is 5.76. The molecule has 0 fully saturated rings. The van der Waals surface area contributed by atoms with Crippen LogP contribution >= 0.6 is 11.8 Å². The molecule has 0 rings (SSSR count). The molecule has 0 aliphatic rings. The number of nitrogens with one attached hydrogen (secondary N) is 1. The molecule has 0 spiro atoms. The predicted molar refractivity (Wildman–Crippen MR) is 75.8 cm³/mol. The molecular weight excluding hydrogens is 250 g/mol. The summed E-state index contributed by atoms with van der Waals surface area (Å²) in [6.07, 6.45) is 0. The van der Waals surface area contributed by atoms with Gasteiger partial charge in [-0.05, 0) is 5.41 Å². The van der Waals surface area contributed by atoms with Crippen molar-refractivity contribution in [3.05, 3.63) is 0 Å². The van der Waals surface area contributed by atoms with E-state index in [4.69, 9.17) is 5.11 Å². The number of carboxylic acids is 1. The molecule has 5 heteroatoms. The van der Waals surface area contributed by atoms with Crippen LogP contribution in [0.15, 0.2) is 0 Å². The summed E-state index contributed by atoms with van der Waals surface area (Å²) in [7, 11) is 0. The van der Waals surface area contributed by atoms with Crippen molar-refractivity contribution in [3.63, 3.8) is 0 Å². The maximum absolute atomic E-state index is 11.1. The number of rotatable bonds is 6. The second-order valence-corrected chi connectivity index (χ2v) is 7.69. The number of hydrogen-bond acceptors (Lipinski definition) is 3. The van der Waals surface area contributed by atoms with Crippen molar-refractivity contribution in [1.29, 1.82) is 0 Å². The van der Waals surface area contributed by atoms with E-state index in [0.29, 0.717) is 5.75 Å². The molecule has 0 aliphatic heterocycles. The van der Waals surface area contributed by atoms with Crippen LogP contribution in [0, 0.1) is 11.3 Å². The molecule has 0 bridgehead atoms. The molecule has 1 amide bonds. The number of carbonyl (C=O) groups is 2. The van der Waals surface area contributed by atoms with Crippen molar-refractivity contribution in [2.24, 2.45) is 11.3 Å². The zero-order valence-electron chi connectivity index (χ0n) is 12.2. The molecule has 0 aromatic heterocycles. The SMILES string of the molecule is CC(=O)NCC(CSC(C)(C)C(C)(C)C)C(=O)O. The Labute approximate surface area is 114 Å². The normalized spacial score (nSPS) is 14.1. The maximum Gasteiger partial charge on any atom is 0.309 e. The highest BCUT2D eigenvalue weighted by atomic mass is 32.2. The van der Waals surface area contributed by atoms with Crippen LogP contribution in [0.3, 0.4) is 0 Å². The van der Waals surface area contributed by atoms with Gasteiger partial charge < -0.3 is 10.4 Å². The highest BCUT2D eigenvalue weighted by molar-refractivity contribution is 8.00. The first-order valence-corrected chi connectivity index (χ1v) is 7.07. The number of hydrogen-bond donors (Lipinski definition) is 2. The van der Waals surface area contributed by atoms with Gasteiger partial charge in [0.15, 0.2) is 0 Å². The lowest BCUT2D eigenvalue weighted by molar-refractivity contribution is -0.140. The van der Waals surface area contributed by atoms with Gasteiger partial charge in [0.05, 0.1) is 5.92 Å². The fraction of sp³-hybridized carbons (Fsp3) is 0.846. The largest absolute Gasteiger partial charge is 0.481 e. The Morgan fingerprint density at radius 1 is 1.22 bits per heavy atom. The highest BCUT2D eigenvalue weighted by Crippen LogP contribution is 2.41. The van der Waals surface area contributed by atoms with E-state index < -0.39 is 11.9 Å². The van der Waals surface area contributed by atoms with Crippen LogP contribution in [0.4, 0.5) is 0 Å². The van der Waals surface area contributed by atoms with E-state index in [1.54, 1.807) is 11.8 Å². The van der Waals surface area contributed by atoms with Crippen molar-refractivity contribution in [2.45, 2.75) is 46.3 Å². The average molecular weight is 275 g/mol. The third-order valence-electron chi connectivity index (χ3n) is 3.40. The van der Waals surface area contributed by atoms with Crippen molar-refractivity contribution < 1.29 is 14.7 Å². The minimum Gasteiger partial charge on any atom is -0.481 e. The van der Waals surface area contributed by atoms with Crippen molar-refractivity contribution in [3.8, 4) is 0 Å². The van der Waals surface area contributed by atoms with E-state index in [9.17, 15) is 9.59 Å². The van der Waals surface area contributed by atoms with Crippen LogP contribution in [-0.2, 0) is 9.59 Å². The minimum absolute atomic E-state index is 0.0169. The van der Waals surface area contributed by atoms with E-state index in [-0.39, 0.29) is 22.6 Å². The van der Waals surface area contributed by atoms with Crippen LogP contribution in [-0.4, -0.2) is 34.0 Å². The molecule has 0 saturated heterocycles. The molecule has 1 unspecified atom stereocenters. The number of carbonyl (C=O) groups excluding carboxylic acids is 1. The van der Waals surface area contributed by atoms with Crippen LogP contribution in [0.2, 0.25) is 0 Å². The van der Waals surface area contributed by atoms with Gasteiger partial charge in [0, 0.05) is 24.0 Å². The lowest BCUT2D eigenvalue weighted by Crippen LogP contribution is -2.37. The van der Waals surface area contributed by atoms with Crippen molar-refractivity contribution in [2.75, 3.05) is 12.3 Å². The number of carboxylic acid groups (broad SMARTS) is 1. The second-order valence-electron chi connectivity index (χ2n) is 6.04. The highest BCUT2D eigenvalue weighted by Gasteiger charge is 2.34. The van der Waals surface area contributed by atoms with E-state index in [0.717, 1.165) is 0 Å². The Morgan fingerprint density at radius 3 is 2.06 bits per heavy atom. The first-order chi connectivity index (χ1) is 7.97. The smallest absolute Gasteiger partial charge is 0.309 e. The topological polar surface area (TPSA) is 66.4 Å². The molecule has 0 heterocycles.